The Balaban J connectivity index is 2.42. The molecule has 0 spiro atoms. The lowest BCUT2D eigenvalue weighted by molar-refractivity contribution is -0.138. The zero-order valence-corrected chi connectivity index (χ0v) is 18.1. The highest BCUT2D eigenvalue weighted by atomic mass is 28.4. The molecule has 0 aromatic heterocycles. The predicted octanol–water partition coefficient (Wildman–Crippen LogP) is 4.09. The van der Waals surface area contributed by atoms with Gasteiger partial charge in [-0.2, -0.15) is 0 Å². The molecule has 3 nitrogen and oxygen atoms in total. The molecule has 28 heavy (non-hydrogen) atoms. The van der Waals surface area contributed by atoms with Gasteiger partial charge in [-0.15, -0.1) is 6.58 Å². The van der Waals surface area contributed by atoms with E-state index in [0.717, 1.165) is 0 Å². The van der Waals surface area contributed by atoms with Crippen LogP contribution in [0.2, 0.25) is 5.04 Å². The highest BCUT2D eigenvalue weighted by molar-refractivity contribution is 6.99. The first kappa shape index (κ1) is 21.9. The van der Waals surface area contributed by atoms with Gasteiger partial charge in [-0.25, -0.2) is 4.79 Å². The first-order valence-corrected chi connectivity index (χ1v) is 11.4. The standard InChI is InChI=1S/C24H30O3Si/c1-6-20(18-26-23(25)7-2)19-27-28(24(3,4)5,21-14-10-8-11-15-21)22-16-12-9-13-17-22/h6-17,20H,1-2,18-19H2,3-5H3/t20-/m1/s1. The number of hydrogen-bond donors (Lipinski definition) is 0. The monoisotopic (exact) mass is 394 g/mol. The maximum Gasteiger partial charge on any atom is 0.330 e. The summed E-state index contributed by atoms with van der Waals surface area (Å²) in [4.78, 5) is 11.4. The second-order valence-electron chi connectivity index (χ2n) is 7.80. The lowest BCUT2D eigenvalue weighted by atomic mass is 10.2. The van der Waals surface area contributed by atoms with Crippen LogP contribution in [-0.4, -0.2) is 27.5 Å². The molecule has 0 radical (unpaired) electrons. The number of esters is 1. The van der Waals surface area contributed by atoms with Gasteiger partial charge in [0.25, 0.3) is 8.32 Å². The van der Waals surface area contributed by atoms with Crippen LogP contribution in [0.4, 0.5) is 0 Å². The maximum absolute atomic E-state index is 11.4. The van der Waals surface area contributed by atoms with Crippen molar-refractivity contribution in [2.75, 3.05) is 13.2 Å². The van der Waals surface area contributed by atoms with E-state index in [4.69, 9.17) is 9.16 Å². The zero-order chi connectivity index (χ0) is 20.6. The molecule has 148 valence electrons. The van der Waals surface area contributed by atoms with Gasteiger partial charge in [0.2, 0.25) is 0 Å². The SMILES string of the molecule is C=CC(=O)OC[C@@H](C=C)CO[Si](c1ccccc1)(c1ccccc1)C(C)(C)C. The van der Waals surface area contributed by atoms with Gasteiger partial charge < -0.3 is 9.16 Å². The van der Waals surface area contributed by atoms with Crippen molar-refractivity contribution in [2.45, 2.75) is 25.8 Å². The van der Waals surface area contributed by atoms with Crippen LogP contribution in [-0.2, 0) is 14.0 Å². The zero-order valence-electron chi connectivity index (χ0n) is 17.1. The Labute approximate surface area is 169 Å². The maximum atomic E-state index is 11.4. The van der Waals surface area contributed by atoms with Crippen molar-refractivity contribution in [1.82, 2.24) is 0 Å². The quantitative estimate of drug-likeness (QED) is 0.278. The van der Waals surface area contributed by atoms with Gasteiger partial charge in [-0.05, 0) is 15.4 Å². The molecular weight excluding hydrogens is 364 g/mol. The smallest absolute Gasteiger partial charge is 0.330 e. The third-order valence-corrected chi connectivity index (χ3v) is 9.88. The molecule has 0 bridgehead atoms. The second kappa shape index (κ2) is 9.67. The highest BCUT2D eigenvalue weighted by Crippen LogP contribution is 2.37. The van der Waals surface area contributed by atoms with Gasteiger partial charge in [0.1, 0.15) is 6.61 Å². The molecule has 2 aromatic rings. The molecule has 2 rings (SSSR count). The summed E-state index contributed by atoms with van der Waals surface area (Å²) in [6.45, 7) is 14.7. The third kappa shape index (κ3) is 4.88. The average molecular weight is 395 g/mol. The summed E-state index contributed by atoms with van der Waals surface area (Å²) in [6, 6.07) is 20.9. The van der Waals surface area contributed by atoms with Crippen LogP contribution in [0.5, 0.6) is 0 Å². The summed E-state index contributed by atoms with van der Waals surface area (Å²) >= 11 is 0. The van der Waals surface area contributed by atoms with Crippen LogP contribution in [0.25, 0.3) is 0 Å². The largest absolute Gasteiger partial charge is 0.462 e. The van der Waals surface area contributed by atoms with E-state index in [1.165, 1.54) is 16.4 Å². The fourth-order valence-corrected chi connectivity index (χ4v) is 8.05. The predicted molar refractivity (Wildman–Crippen MR) is 118 cm³/mol. The summed E-state index contributed by atoms with van der Waals surface area (Å²) in [5, 5.41) is 2.35. The minimum Gasteiger partial charge on any atom is -0.462 e. The van der Waals surface area contributed by atoms with Crippen molar-refractivity contribution in [3.05, 3.63) is 86.0 Å². The Morgan fingerprint density at radius 2 is 1.46 bits per heavy atom. The van der Waals surface area contributed by atoms with Gasteiger partial charge in [0, 0.05) is 18.6 Å². The van der Waals surface area contributed by atoms with Gasteiger partial charge >= 0.3 is 5.97 Å². The van der Waals surface area contributed by atoms with Crippen LogP contribution < -0.4 is 10.4 Å². The molecule has 0 N–H and O–H groups in total. The fraction of sp³-hybridized carbons (Fsp3) is 0.292. The van der Waals surface area contributed by atoms with E-state index >= 15 is 0 Å². The molecular formula is C24H30O3Si. The van der Waals surface area contributed by atoms with Gasteiger partial charge in [-0.3, -0.25) is 0 Å². The number of benzene rings is 2. The minimum atomic E-state index is -2.60. The van der Waals surface area contributed by atoms with Crippen LogP contribution in [0.3, 0.4) is 0 Å². The molecule has 0 amide bonds. The van der Waals surface area contributed by atoms with Gasteiger partial charge in [0.15, 0.2) is 0 Å². The number of hydrogen-bond acceptors (Lipinski definition) is 3. The molecule has 0 heterocycles. The number of ether oxygens (including phenoxy) is 1. The summed E-state index contributed by atoms with van der Waals surface area (Å²) in [5.41, 5.74) is 0. The molecule has 0 saturated heterocycles. The third-order valence-electron chi connectivity index (χ3n) is 4.87. The van der Waals surface area contributed by atoms with E-state index in [-0.39, 0.29) is 17.6 Å². The van der Waals surface area contributed by atoms with Gasteiger partial charge in [0.05, 0.1) is 0 Å². The minimum absolute atomic E-state index is 0.0921. The first-order chi connectivity index (χ1) is 13.3. The molecule has 0 aliphatic carbocycles. The molecule has 1 atom stereocenters. The molecule has 0 aliphatic heterocycles. The van der Waals surface area contributed by atoms with E-state index in [1.807, 2.05) is 12.1 Å². The molecule has 0 aliphatic rings. The summed E-state index contributed by atoms with van der Waals surface area (Å²) in [6.07, 6.45) is 2.96. The lowest BCUT2D eigenvalue weighted by Crippen LogP contribution is -2.67. The van der Waals surface area contributed by atoms with E-state index in [1.54, 1.807) is 6.08 Å². The summed E-state index contributed by atoms with van der Waals surface area (Å²) < 4.78 is 12.0. The normalized spacial score (nSPS) is 12.8. The molecule has 4 heteroatoms. The first-order valence-electron chi connectivity index (χ1n) is 9.52. The summed E-state index contributed by atoms with van der Waals surface area (Å²) in [5.74, 6) is -0.525. The lowest BCUT2D eigenvalue weighted by Gasteiger charge is -2.43. The van der Waals surface area contributed by atoms with E-state index in [9.17, 15) is 4.79 Å². The van der Waals surface area contributed by atoms with Crippen molar-refractivity contribution >= 4 is 24.7 Å². The Morgan fingerprint density at radius 3 is 1.86 bits per heavy atom. The fourth-order valence-electron chi connectivity index (χ4n) is 3.43. The Morgan fingerprint density at radius 1 is 0.964 bits per heavy atom. The summed E-state index contributed by atoms with van der Waals surface area (Å²) in [7, 11) is -2.60. The van der Waals surface area contributed by atoms with E-state index in [2.05, 4.69) is 82.5 Å². The molecule has 2 aromatic carbocycles. The Kier molecular flexibility index (Phi) is 7.55. The number of carbonyl (C=O) groups excluding carboxylic acids is 1. The van der Waals surface area contributed by atoms with Crippen molar-refractivity contribution in [3.8, 4) is 0 Å². The van der Waals surface area contributed by atoms with Crippen LogP contribution >= 0.6 is 0 Å². The molecule has 0 saturated carbocycles. The highest BCUT2D eigenvalue weighted by Gasteiger charge is 2.50. The van der Waals surface area contributed by atoms with Crippen LogP contribution in [0.1, 0.15) is 20.8 Å². The van der Waals surface area contributed by atoms with E-state index in [0.29, 0.717) is 6.61 Å². The Hall–Kier alpha value is -2.43. The number of carbonyl (C=O) groups is 1. The van der Waals surface area contributed by atoms with Crippen LogP contribution in [0.15, 0.2) is 86.0 Å². The molecule has 0 fully saturated rings. The van der Waals surface area contributed by atoms with E-state index < -0.39 is 14.3 Å². The topological polar surface area (TPSA) is 35.5 Å². The van der Waals surface area contributed by atoms with Crippen molar-refractivity contribution in [3.63, 3.8) is 0 Å². The Bertz CT molecular complexity index is 739. The van der Waals surface area contributed by atoms with Gasteiger partial charge in [-0.1, -0.05) is 94.1 Å². The molecule has 0 unspecified atom stereocenters. The van der Waals surface area contributed by atoms with Crippen LogP contribution in [0, 0.1) is 5.92 Å². The second-order valence-corrected chi connectivity index (χ2v) is 12.1. The van der Waals surface area contributed by atoms with Crippen molar-refractivity contribution in [1.29, 1.82) is 0 Å². The van der Waals surface area contributed by atoms with Crippen molar-refractivity contribution < 1.29 is 14.0 Å². The number of rotatable bonds is 9. The average Bonchev–Trinajstić information content (AvgIpc) is 2.71. The van der Waals surface area contributed by atoms with Crippen molar-refractivity contribution in [2.24, 2.45) is 5.92 Å².